The first-order valence-electron chi connectivity index (χ1n) is 3.71. The molecule has 1 aliphatic carbocycles. The molecule has 2 fully saturated rings. The molecule has 1 unspecified atom stereocenters. The standard InChI is InChI=1S/C7H12BrN/c8-7-1-5-3-9-4-6(5)2-7/h5-7,9H,1-4H2/t5-,6+,7?. The molecule has 1 saturated heterocycles. The van der Waals surface area contributed by atoms with Crippen LogP contribution in [0.25, 0.3) is 0 Å². The fraction of sp³-hybridized carbons (Fsp3) is 1.00. The molecule has 2 rings (SSSR count). The van der Waals surface area contributed by atoms with E-state index >= 15 is 0 Å². The molecule has 3 atom stereocenters. The maximum atomic E-state index is 3.67. The molecule has 52 valence electrons. The van der Waals surface area contributed by atoms with Gasteiger partial charge in [-0.05, 0) is 37.8 Å². The third kappa shape index (κ3) is 1.03. The van der Waals surface area contributed by atoms with E-state index in [2.05, 4.69) is 21.2 Å². The Morgan fingerprint density at radius 2 is 1.67 bits per heavy atom. The molecule has 0 aromatic rings. The second kappa shape index (κ2) is 2.24. The molecule has 0 amide bonds. The van der Waals surface area contributed by atoms with Crippen LogP contribution in [0.15, 0.2) is 0 Å². The minimum absolute atomic E-state index is 0.828. The van der Waals surface area contributed by atoms with Crippen LogP contribution in [0.4, 0.5) is 0 Å². The van der Waals surface area contributed by atoms with E-state index in [1.807, 2.05) is 0 Å². The van der Waals surface area contributed by atoms with E-state index in [9.17, 15) is 0 Å². The van der Waals surface area contributed by atoms with E-state index in [1.54, 1.807) is 0 Å². The van der Waals surface area contributed by atoms with Crippen LogP contribution in [0.2, 0.25) is 0 Å². The van der Waals surface area contributed by atoms with Crippen LogP contribution in [0.5, 0.6) is 0 Å². The Labute approximate surface area is 64.3 Å². The molecule has 0 spiro atoms. The molecule has 1 nitrogen and oxygen atoms in total. The van der Waals surface area contributed by atoms with Gasteiger partial charge < -0.3 is 5.32 Å². The molecule has 2 heteroatoms. The van der Waals surface area contributed by atoms with E-state index < -0.39 is 0 Å². The molecular formula is C7H12BrN. The van der Waals surface area contributed by atoms with Crippen molar-refractivity contribution in [2.45, 2.75) is 17.7 Å². The molecule has 1 aliphatic heterocycles. The topological polar surface area (TPSA) is 12.0 Å². The third-order valence-electron chi connectivity index (χ3n) is 2.60. The summed E-state index contributed by atoms with van der Waals surface area (Å²) in [6, 6.07) is 0. The Morgan fingerprint density at radius 3 is 2.22 bits per heavy atom. The fourth-order valence-electron chi connectivity index (χ4n) is 2.09. The Hall–Kier alpha value is 0.440. The first-order chi connectivity index (χ1) is 4.36. The van der Waals surface area contributed by atoms with Crippen LogP contribution in [-0.2, 0) is 0 Å². The summed E-state index contributed by atoms with van der Waals surface area (Å²) >= 11 is 3.67. The van der Waals surface area contributed by atoms with Gasteiger partial charge >= 0.3 is 0 Å². The molecule has 9 heavy (non-hydrogen) atoms. The number of alkyl halides is 1. The molecule has 1 heterocycles. The molecule has 1 saturated carbocycles. The zero-order valence-corrected chi connectivity index (χ0v) is 7.02. The highest BCUT2D eigenvalue weighted by Crippen LogP contribution is 2.37. The summed E-state index contributed by atoms with van der Waals surface area (Å²) in [5.41, 5.74) is 0. The van der Waals surface area contributed by atoms with Gasteiger partial charge in [0, 0.05) is 4.83 Å². The van der Waals surface area contributed by atoms with Gasteiger partial charge in [-0.2, -0.15) is 0 Å². The van der Waals surface area contributed by atoms with Crippen LogP contribution in [0, 0.1) is 11.8 Å². The van der Waals surface area contributed by atoms with Crippen LogP contribution in [0.3, 0.4) is 0 Å². The minimum atomic E-state index is 0.828. The number of hydrogen-bond acceptors (Lipinski definition) is 1. The highest BCUT2D eigenvalue weighted by molar-refractivity contribution is 9.09. The second-order valence-electron chi connectivity index (χ2n) is 3.25. The Balaban J connectivity index is 2.02. The van der Waals surface area contributed by atoms with Crippen LogP contribution in [-0.4, -0.2) is 17.9 Å². The van der Waals surface area contributed by atoms with Crippen molar-refractivity contribution in [3.05, 3.63) is 0 Å². The fourth-order valence-corrected chi connectivity index (χ4v) is 3.05. The quantitative estimate of drug-likeness (QED) is 0.569. The van der Waals surface area contributed by atoms with Gasteiger partial charge in [-0.1, -0.05) is 15.9 Å². The SMILES string of the molecule is BrC1C[C@H]2CNC[C@H]2C1. The van der Waals surface area contributed by atoms with Crippen molar-refractivity contribution in [1.82, 2.24) is 5.32 Å². The molecule has 0 aromatic heterocycles. The summed E-state index contributed by atoms with van der Waals surface area (Å²) in [6.07, 6.45) is 2.80. The summed E-state index contributed by atoms with van der Waals surface area (Å²) in [4.78, 5) is 0.828. The molecule has 1 N–H and O–H groups in total. The van der Waals surface area contributed by atoms with Crippen molar-refractivity contribution >= 4 is 15.9 Å². The maximum absolute atomic E-state index is 3.67. The molecule has 0 bridgehead atoms. The average Bonchev–Trinajstić information content (AvgIpc) is 2.22. The van der Waals surface area contributed by atoms with E-state index in [0.29, 0.717) is 0 Å². The zero-order valence-electron chi connectivity index (χ0n) is 5.44. The van der Waals surface area contributed by atoms with Gasteiger partial charge in [0.25, 0.3) is 0 Å². The van der Waals surface area contributed by atoms with E-state index in [0.717, 1.165) is 16.7 Å². The van der Waals surface area contributed by atoms with Crippen LogP contribution in [0.1, 0.15) is 12.8 Å². The van der Waals surface area contributed by atoms with Gasteiger partial charge in [-0.3, -0.25) is 0 Å². The molecule has 2 aliphatic rings. The van der Waals surface area contributed by atoms with E-state index in [-0.39, 0.29) is 0 Å². The number of hydrogen-bond donors (Lipinski definition) is 1. The third-order valence-corrected chi connectivity index (χ3v) is 3.34. The Kier molecular flexibility index (Phi) is 1.54. The van der Waals surface area contributed by atoms with Gasteiger partial charge in [-0.25, -0.2) is 0 Å². The van der Waals surface area contributed by atoms with Crippen LogP contribution < -0.4 is 5.32 Å². The Morgan fingerprint density at radius 1 is 1.11 bits per heavy atom. The van der Waals surface area contributed by atoms with Gasteiger partial charge in [0.2, 0.25) is 0 Å². The predicted octanol–water partition coefficient (Wildman–Crippen LogP) is 1.38. The van der Waals surface area contributed by atoms with Crippen molar-refractivity contribution in [2.24, 2.45) is 11.8 Å². The molecular weight excluding hydrogens is 178 g/mol. The van der Waals surface area contributed by atoms with Gasteiger partial charge in [0.1, 0.15) is 0 Å². The van der Waals surface area contributed by atoms with E-state index in [1.165, 1.54) is 25.9 Å². The number of rotatable bonds is 0. The largest absolute Gasteiger partial charge is 0.316 e. The van der Waals surface area contributed by atoms with Crippen molar-refractivity contribution < 1.29 is 0 Å². The highest BCUT2D eigenvalue weighted by atomic mass is 79.9. The lowest BCUT2D eigenvalue weighted by Gasteiger charge is -2.02. The monoisotopic (exact) mass is 189 g/mol. The number of fused-ring (bicyclic) bond motifs is 1. The Bertz CT molecular complexity index is 103. The van der Waals surface area contributed by atoms with Gasteiger partial charge in [-0.15, -0.1) is 0 Å². The first kappa shape index (κ1) is 6.17. The van der Waals surface area contributed by atoms with Gasteiger partial charge in [0.05, 0.1) is 0 Å². The van der Waals surface area contributed by atoms with Crippen molar-refractivity contribution in [3.8, 4) is 0 Å². The summed E-state index contributed by atoms with van der Waals surface area (Å²) in [7, 11) is 0. The lowest BCUT2D eigenvalue weighted by Crippen LogP contribution is -2.11. The summed E-state index contributed by atoms with van der Waals surface area (Å²) < 4.78 is 0. The molecule has 0 aromatic carbocycles. The lowest BCUT2D eigenvalue weighted by atomic mass is 10.0. The second-order valence-corrected chi connectivity index (χ2v) is 4.54. The summed E-state index contributed by atoms with van der Waals surface area (Å²) in [6.45, 7) is 2.54. The normalized spacial score (nSPS) is 49.7. The first-order valence-corrected chi connectivity index (χ1v) is 4.62. The predicted molar refractivity (Wildman–Crippen MR) is 41.8 cm³/mol. The zero-order chi connectivity index (χ0) is 6.27. The number of halogens is 1. The van der Waals surface area contributed by atoms with Crippen molar-refractivity contribution in [3.63, 3.8) is 0 Å². The molecule has 0 radical (unpaired) electrons. The summed E-state index contributed by atoms with van der Waals surface area (Å²) in [5, 5.41) is 3.42. The van der Waals surface area contributed by atoms with Crippen LogP contribution >= 0.6 is 15.9 Å². The minimum Gasteiger partial charge on any atom is -0.316 e. The maximum Gasteiger partial charge on any atom is 0.0152 e. The average molecular weight is 190 g/mol. The van der Waals surface area contributed by atoms with Crippen molar-refractivity contribution in [1.29, 1.82) is 0 Å². The highest BCUT2D eigenvalue weighted by Gasteiger charge is 2.35. The smallest absolute Gasteiger partial charge is 0.0152 e. The number of nitrogens with one attached hydrogen (secondary N) is 1. The summed E-state index contributed by atoms with van der Waals surface area (Å²) in [5.74, 6) is 1.99. The van der Waals surface area contributed by atoms with Crippen molar-refractivity contribution in [2.75, 3.05) is 13.1 Å². The lowest BCUT2D eigenvalue weighted by molar-refractivity contribution is 0.494. The van der Waals surface area contributed by atoms with E-state index in [4.69, 9.17) is 0 Å². The van der Waals surface area contributed by atoms with Gasteiger partial charge in [0.15, 0.2) is 0 Å².